The standard InChI is InChI=1S/C17H20N2O5/c1-4-5-10-23-14-8-6-13(11-16(14)22-3)7-9-15-17(19(20)21)12(2)18-24-15/h6-9,11H,4-5,10H2,1-3H3/b9-7+. The molecule has 0 saturated heterocycles. The molecule has 0 aliphatic carbocycles. The molecule has 0 spiro atoms. The number of nitro groups is 1. The molecule has 0 N–H and O–H groups in total. The first-order valence-corrected chi connectivity index (χ1v) is 7.66. The lowest BCUT2D eigenvalue weighted by Crippen LogP contribution is -1.98. The van der Waals surface area contributed by atoms with Crippen LogP contribution in [0.5, 0.6) is 11.5 Å². The average Bonchev–Trinajstić information content (AvgIpc) is 2.94. The molecule has 1 aromatic heterocycles. The summed E-state index contributed by atoms with van der Waals surface area (Å²) in [7, 11) is 1.57. The Bertz CT molecular complexity index is 737. The van der Waals surface area contributed by atoms with E-state index < -0.39 is 4.92 Å². The molecular weight excluding hydrogens is 312 g/mol. The Morgan fingerprint density at radius 2 is 2.12 bits per heavy atom. The van der Waals surface area contributed by atoms with E-state index >= 15 is 0 Å². The van der Waals surface area contributed by atoms with Crippen molar-refractivity contribution in [3.63, 3.8) is 0 Å². The van der Waals surface area contributed by atoms with Gasteiger partial charge in [0.05, 0.1) is 18.6 Å². The van der Waals surface area contributed by atoms with Crippen LogP contribution in [0, 0.1) is 17.0 Å². The van der Waals surface area contributed by atoms with Crippen LogP contribution in [0.3, 0.4) is 0 Å². The maximum Gasteiger partial charge on any atom is 0.338 e. The van der Waals surface area contributed by atoms with Crippen molar-refractivity contribution in [2.24, 2.45) is 0 Å². The molecule has 128 valence electrons. The van der Waals surface area contributed by atoms with Crippen molar-refractivity contribution in [2.75, 3.05) is 13.7 Å². The molecule has 7 heteroatoms. The predicted molar refractivity (Wildman–Crippen MR) is 90.2 cm³/mol. The zero-order valence-electron chi connectivity index (χ0n) is 13.9. The van der Waals surface area contributed by atoms with Crippen molar-refractivity contribution in [1.29, 1.82) is 0 Å². The second-order valence-electron chi connectivity index (χ2n) is 5.18. The summed E-state index contributed by atoms with van der Waals surface area (Å²) < 4.78 is 16.0. The summed E-state index contributed by atoms with van der Waals surface area (Å²) >= 11 is 0. The molecule has 2 rings (SSSR count). The molecule has 0 aliphatic rings. The fourth-order valence-corrected chi connectivity index (χ4v) is 2.12. The first-order chi connectivity index (χ1) is 11.6. The third kappa shape index (κ3) is 4.13. The summed E-state index contributed by atoms with van der Waals surface area (Å²) in [5, 5.41) is 14.6. The van der Waals surface area contributed by atoms with Gasteiger partial charge in [0.25, 0.3) is 0 Å². The fourth-order valence-electron chi connectivity index (χ4n) is 2.12. The van der Waals surface area contributed by atoms with Crippen LogP contribution < -0.4 is 9.47 Å². The van der Waals surface area contributed by atoms with Gasteiger partial charge in [0.15, 0.2) is 17.2 Å². The first kappa shape index (κ1) is 17.5. The number of aryl methyl sites for hydroxylation is 1. The Morgan fingerprint density at radius 1 is 1.33 bits per heavy atom. The maximum atomic E-state index is 11.0. The summed E-state index contributed by atoms with van der Waals surface area (Å²) in [5.74, 6) is 1.39. The molecule has 7 nitrogen and oxygen atoms in total. The van der Waals surface area contributed by atoms with Gasteiger partial charge in [-0.15, -0.1) is 0 Å². The van der Waals surface area contributed by atoms with Gasteiger partial charge in [0, 0.05) is 0 Å². The molecule has 0 radical (unpaired) electrons. The van der Waals surface area contributed by atoms with E-state index in [9.17, 15) is 10.1 Å². The Morgan fingerprint density at radius 3 is 2.79 bits per heavy atom. The van der Waals surface area contributed by atoms with E-state index in [2.05, 4.69) is 12.1 Å². The Balaban J connectivity index is 2.19. The van der Waals surface area contributed by atoms with Crippen LogP contribution in [0.15, 0.2) is 22.7 Å². The van der Waals surface area contributed by atoms with Gasteiger partial charge in [-0.1, -0.05) is 30.6 Å². The van der Waals surface area contributed by atoms with Gasteiger partial charge < -0.3 is 14.0 Å². The van der Waals surface area contributed by atoms with Gasteiger partial charge in [-0.05, 0) is 37.1 Å². The molecule has 0 saturated carbocycles. The van der Waals surface area contributed by atoms with Gasteiger partial charge in [-0.25, -0.2) is 0 Å². The number of hydrogen-bond acceptors (Lipinski definition) is 6. The number of unbranched alkanes of at least 4 members (excludes halogenated alkanes) is 1. The normalized spacial score (nSPS) is 11.0. The average molecular weight is 332 g/mol. The second kappa shape index (κ2) is 8.14. The Labute approximate surface area is 140 Å². The summed E-state index contributed by atoms with van der Waals surface area (Å²) in [4.78, 5) is 10.5. The summed E-state index contributed by atoms with van der Waals surface area (Å²) in [6.07, 6.45) is 5.24. The highest BCUT2D eigenvalue weighted by Gasteiger charge is 2.21. The van der Waals surface area contributed by atoms with Crippen LogP contribution in [-0.2, 0) is 0 Å². The van der Waals surface area contributed by atoms with E-state index in [1.807, 2.05) is 12.1 Å². The highest BCUT2D eigenvalue weighted by Crippen LogP contribution is 2.30. The van der Waals surface area contributed by atoms with Gasteiger partial charge in [-0.3, -0.25) is 10.1 Å². The molecule has 0 amide bonds. The number of rotatable bonds is 8. The topological polar surface area (TPSA) is 87.6 Å². The lowest BCUT2D eigenvalue weighted by atomic mass is 10.1. The van der Waals surface area contributed by atoms with E-state index in [0.29, 0.717) is 18.1 Å². The van der Waals surface area contributed by atoms with Crippen molar-refractivity contribution in [3.8, 4) is 11.5 Å². The molecule has 0 atom stereocenters. The summed E-state index contributed by atoms with van der Waals surface area (Å²) in [6.45, 7) is 4.26. The minimum atomic E-state index is -0.503. The molecule has 24 heavy (non-hydrogen) atoms. The monoisotopic (exact) mass is 332 g/mol. The van der Waals surface area contributed by atoms with Crippen molar-refractivity contribution in [1.82, 2.24) is 5.16 Å². The van der Waals surface area contributed by atoms with E-state index in [1.165, 1.54) is 13.0 Å². The van der Waals surface area contributed by atoms with Crippen LogP contribution in [0.4, 0.5) is 5.69 Å². The molecule has 0 fully saturated rings. The fraction of sp³-hybridized carbons (Fsp3) is 0.353. The zero-order valence-corrected chi connectivity index (χ0v) is 13.9. The summed E-state index contributed by atoms with van der Waals surface area (Å²) in [6, 6.07) is 5.45. The first-order valence-electron chi connectivity index (χ1n) is 7.66. The molecular formula is C17H20N2O5. The number of nitrogens with zero attached hydrogens (tertiary/aromatic N) is 2. The van der Waals surface area contributed by atoms with Crippen LogP contribution in [0.25, 0.3) is 12.2 Å². The molecule has 1 heterocycles. The van der Waals surface area contributed by atoms with Crippen molar-refractivity contribution < 1.29 is 18.9 Å². The van der Waals surface area contributed by atoms with Gasteiger partial charge in [0.2, 0.25) is 5.76 Å². The predicted octanol–water partition coefficient (Wildman–Crippen LogP) is 4.25. The number of hydrogen-bond donors (Lipinski definition) is 0. The quantitative estimate of drug-likeness (QED) is 0.408. The van der Waals surface area contributed by atoms with Crippen molar-refractivity contribution in [2.45, 2.75) is 26.7 Å². The summed E-state index contributed by atoms with van der Waals surface area (Å²) in [5.41, 5.74) is 0.924. The van der Waals surface area contributed by atoms with Crippen LogP contribution >= 0.6 is 0 Å². The molecule has 0 unspecified atom stereocenters. The molecule has 2 aromatic rings. The smallest absolute Gasteiger partial charge is 0.338 e. The van der Waals surface area contributed by atoms with E-state index in [4.69, 9.17) is 14.0 Å². The third-order valence-corrected chi connectivity index (χ3v) is 3.41. The number of ether oxygens (including phenoxy) is 2. The van der Waals surface area contributed by atoms with Gasteiger partial charge in [-0.2, -0.15) is 0 Å². The largest absolute Gasteiger partial charge is 0.493 e. The van der Waals surface area contributed by atoms with Crippen molar-refractivity contribution in [3.05, 3.63) is 45.3 Å². The van der Waals surface area contributed by atoms with Gasteiger partial charge >= 0.3 is 5.69 Å². The van der Waals surface area contributed by atoms with Crippen LogP contribution in [-0.4, -0.2) is 23.8 Å². The number of aromatic nitrogens is 1. The highest BCUT2D eigenvalue weighted by molar-refractivity contribution is 5.72. The lowest BCUT2D eigenvalue weighted by Gasteiger charge is -2.10. The highest BCUT2D eigenvalue weighted by atomic mass is 16.6. The molecule has 1 aromatic carbocycles. The van der Waals surface area contributed by atoms with Crippen LogP contribution in [0.1, 0.15) is 36.8 Å². The Kier molecular flexibility index (Phi) is 5.95. The maximum absolute atomic E-state index is 11.0. The second-order valence-corrected chi connectivity index (χ2v) is 5.18. The molecule has 0 bridgehead atoms. The van der Waals surface area contributed by atoms with E-state index in [1.54, 1.807) is 19.3 Å². The van der Waals surface area contributed by atoms with E-state index in [0.717, 1.165) is 18.4 Å². The minimum absolute atomic E-state index is 0.111. The van der Waals surface area contributed by atoms with Crippen LogP contribution in [0.2, 0.25) is 0 Å². The SMILES string of the molecule is CCCCOc1ccc(/C=C/c2onc(C)c2[N+](=O)[O-])cc1OC. The lowest BCUT2D eigenvalue weighted by molar-refractivity contribution is -0.386. The third-order valence-electron chi connectivity index (χ3n) is 3.41. The van der Waals surface area contributed by atoms with Gasteiger partial charge in [0.1, 0.15) is 0 Å². The molecule has 0 aliphatic heterocycles. The Hall–Kier alpha value is -2.83. The number of methoxy groups -OCH3 is 1. The number of benzene rings is 1. The minimum Gasteiger partial charge on any atom is -0.493 e. The zero-order chi connectivity index (χ0) is 17.5. The van der Waals surface area contributed by atoms with Crippen molar-refractivity contribution >= 4 is 17.8 Å². The van der Waals surface area contributed by atoms with E-state index in [-0.39, 0.29) is 17.1 Å².